The highest BCUT2D eigenvalue weighted by Gasteiger charge is 2.17. The van der Waals surface area contributed by atoms with Crippen LogP contribution in [0.1, 0.15) is 16.8 Å². The molecule has 1 fully saturated rings. The molecule has 5 nitrogen and oxygen atoms in total. The summed E-state index contributed by atoms with van der Waals surface area (Å²) in [4.78, 5) is 13.7. The van der Waals surface area contributed by atoms with Crippen LogP contribution in [-0.4, -0.2) is 48.2 Å². The van der Waals surface area contributed by atoms with Gasteiger partial charge in [-0.1, -0.05) is 0 Å². The summed E-state index contributed by atoms with van der Waals surface area (Å²) >= 11 is 3.48. The van der Waals surface area contributed by atoms with Gasteiger partial charge in [0.25, 0.3) is 0 Å². The highest BCUT2D eigenvalue weighted by atomic mass is 127. The fraction of sp³-hybridized carbons (Fsp3) is 0.500. The number of morpholine rings is 1. The summed E-state index contributed by atoms with van der Waals surface area (Å²) in [5, 5.41) is 3.22. The number of rotatable bonds is 4. The molecule has 0 aromatic carbocycles. The Balaban J connectivity index is 0.00000208. The summed E-state index contributed by atoms with van der Waals surface area (Å²) in [7, 11) is 0. The van der Waals surface area contributed by atoms with Crippen molar-refractivity contribution in [2.45, 2.75) is 26.4 Å². The van der Waals surface area contributed by atoms with Crippen molar-refractivity contribution in [3.8, 4) is 10.6 Å². The smallest absolute Gasteiger partial charge is 0.191 e. The molecule has 132 valence electrons. The van der Waals surface area contributed by atoms with E-state index in [-0.39, 0.29) is 30.1 Å². The molecule has 2 aromatic rings. The van der Waals surface area contributed by atoms with Crippen molar-refractivity contribution < 1.29 is 4.74 Å². The van der Waals surface area contributed by atoms with E-state index in [1.54, 1.807) is 22.7 Å². The number of ether oxygens (including phenoxy) is 1. The van der Waals surface area contributed by atoms with Crippen LogP contribution < -0.4 is 5.73 Å². The fourth-order valence-corrected chi connectivity index (χ4v) is 4.18. The first-order valence-corrected chi connectivity index (χ1v) is 9.49. The van der Waals surface area contributed by atoms with E-state index in [9.17, 15) is 0 Å². The molecular formula is C16H23IN4OS2. The Bertz CT molecular complexity index is 685. The number of aliphatic imine (C=N–C) groups is 1. The normalized spacial score (nSPS) is 18.5. The maximum atomic E-state index is 6.09. The minimum absolute atomic E-state index is 0. The summed E-state index contributed by atoms with van der Waals surface area (Å²) in [5.74, 6) is 0.632. The number of thiophene rings is 1. The first-order valence-electron chi connectivity index (χ1n) is 7.79. The number of aromatic nitrogens is 1. The van der Waals surface area contributed by atoms with E-state index in [2.05, 4.69) is 39.3 Å². The van der Waals surface area contributed by atoms with E-state index < -0.39 is 0 Å². The molecule has 8 heteroatoms. The molecule has 0 radical (unpaired) electrons. The second kappa shape index (κ2) is 9.12. The molecule has 0 amide bonds. The molecule has 0 bridgehead atoms. The molecule has 1 atom stereocenters. The number of nitrogens with zero attached hydrogens (tertiary/aromatic N) is 3. The average molecular weight is 478 g/mol. The van der Waals surface area contributed by atoms with Crippen LogP contribution in [0.5, 0.6) is 0 Å². The number of guanidine groups is 1. The van der Waals surface area contributed by atoms with Crippen molar-refractivity contribution in [1.29, 1.82) is 0 Å². The van der Waals surface area contributed by atoms with Crippen LogP contribution >= 0.6 is 46.7 Å². The van der Waals surface area contributed by atoms with Gasteiger partial charge in [0.1, 0.15) is 0 Å². The van der Waals surface area contributed by atoms with E-state index in [0.29, 0.717) is 12.5 Å². The summed E-state index contributed by atoms with van der Waals surface area (Å²) < 4.78 is 5.52. The van der Waals surface area contributed by atoms with E-state index >= 15 is 0 Å². The quantitative estimate of drug-likeness (QED) is 0.416. The predicted octanol–water partition coefficient (Wildman–Crippen LogP) is 3.38. The van der Waals surface area contributed by atoms with Gasteiger partial charge in [-0.2, -0.15) is 0 Å². The maximum absolute atomic E-state index is 6.09. The minimum atomic E-state index is 0. The van der Waals surface area contributed by atoms with Gasteiger partial charge in [-0.05, 0) is 26.0 Å². The van der Waals surface area contributed by atoms with Gasteiger partial charge >= 0.3 is 0 Å². The van der Waals surface area contributed by atoms with Crippen molar-refractivity contribution >= 4 is 52.6 Å². The first-order chi connectivity index (χ1) is 11.1. The summed E-state index contributed by atoms with van der Waals surface area (Å²) in [6.07, 6.45) is 1.13. The molecule has 1 saturated heterocycles. The zero-order valence-corrected chi connectivity index (χ0v) is 17.9. The van der Waals surface area contributed by atoms with Gasteiger partial charge in [0.05, 0.1) is 28.3 Å². The van der Waals surface area contributed by atoms with E-state index in [0.717, 1.165) is 36.8 Å². The number of hydrogen-bond donors (Lipinski definition) is 1. The lowest BCUT2D eigenvalue weighted by atomic mass is 10.3. The largest absolute Gasteiger partial charge is 0.375 e. The molecule has 24 heavy (non-hydrogen) atoms. The summed E-state index contributed by atoms with van der Waals surface area (Å²) in [6, 6.07) is 4.31. The lowest BCUT2D eigenvalue weighted by Gasteiger charge is -2.31. The van der Waals surface area contributed by atoms with Gasteiger partial charge in [0.15, 0.2) is 5.96 Å². The molecule has 0 spiro atoms. The molecular weight excluding hydrogens is 455 g/mol. The third kappa shape index (κ3) is 5.14. The van der Waals surface area contributed by atoms with Gasteiger partial charge in [0, 0.05) is 36.3 Å². The SMILES string of the molecule is Cc1nc(-c2ccc(CCN=C(N)N3CCOC(C)C3)s2)cs1.I. The van der Waals surface area contributed by atoms with Crippen LogP contribution in [0.4, 0.5) is 0 Å². The highest BCUT2D eigenvalue weighted by molar-refractivity contribution is 14.0. The number of thiazole rings is 1. The lowest BCUT2D eigenvalue weighted by Crippen LogP contribution is -2.47. The average Bonchev–Trinajstić information content (AvgIpc) is 3.16. The number of nitrogens with two attached hydrogens (primary N) is 1. The molecule has 2 N–H and O–H groups in total. The Kier molecular flexibility index (Phi) is 7.45. The Morgan fingerprint density at radius 3 is 3.04 bits per heavy atom. The summed E-state index contributed by atoms with van der Waals surface area (Å²) in [5.41, 5.74) is 7.17. The van der Waals surface area contributed by atoms with Crippen molar-refractivity contribution in [2.75, 3.05) is 26.2 Å². The van der Waals surface area contributed by atoms with Crippen LogP contribution in [0, 0.1) is 6.92 Å². The predicted molar refractivity (Wildman–Crippen MR) is 113 cm³/mol. The van der Waals surface area contributed by atoms with Gasteiger partial charge < -0.3 is 15.4 Å². The second-order valence-corrected chi connectivity index (χ2v) is 7.87. The van der Waals surface area contributed by atoms with Crippen molar-refractivity contribution in [1.82, 2.24) is 9.88 Å². The number of aryl methyl sites for hydroxylation is 1. The third-order valence-corrected chi connectivity index (χ3v) is 5.67. The monoisotopic (exact) mass is 478 g/mol. The topological polar surface area (TPSA) is 63.7 Å². The fourth-order valence-electron chi connectivity index (χ4n) is 2.53. The lowest BCUT2D eigenvalue weighted by molar-refractivity contribution is 0.00530. The van der Waals surface area contributed by atoms with Crippen LogP contribution in [0.2, 0.25) is 0 Å². The number of hydrogen-bond acceptors (Lipinski definition) is 5. The van der Waals surface area contributed by atoms with Crippen LogP contribution in [0.15, 0.2) is 22.5 Å². The van der Waals surface area contributed by atoms with Gasteiger partial charge in [-0.15, -0.1) is 46.7 Å². The molecule has 2 aromatic heterocycles. The minimum Gasteiger partial charge on any atom is -0.375 e. The Morgan fingerprint density at radius 1 is 1.50 bits per heavy atom. The highest BCUT2D eigenvalue weighted by Crippen LogP contribution is 2.29. The Hall–Kier alpha value is -0.710. The molecule has 3 heterocycles. The Morgan fingerprint density at radius 2 is 2.33 bits per heavy atom. The molecule has 3 rings (SSSR count). The van der Waals surface area contributed by atoms with Crippen LogP contribution in [0.25, 0.3) is 10.6 Å². The van der Waals surface area contributed by atoms with Crippen LogP contribution in [0.3, 0.4) is 0 Å². The molecule has 1 aliphatic rings. The van der Waals surface area contributed by atoms with Gasteiger partial charge in [-0.25, -0.2) is 4.98 Å². The molecule has 0 saturated carbocycles. The molecule has 1 unspecified atom stereocenters. The third-order valence-electron chi connectivity index (χ3n) is 3.73. The summed E-state index contributed by atoms with van der Waals surface area (Å²) in [6.45, 7) is 7.18. The van der Waals surface area contributed by atoms with E-state index in [1.165, 1.54) is 9.75 Å². The van der Waals surface area contributed by atoms with Gasteiger partial charge in [-0.3, -0.25) is 4.99 Å². The first kappa shape index (κ1) is 19.6. The zero-order valence-electron chi connectivity index (χ0n) is 13.9. The van der Waals surface area contributed by atoms with Gasteiger partial charge in [0.2, 0.25) is 0 Å². The zero-order chi connectivity index (χ0) is 16.2. The molecule has 0 aliphatic carbocycles. The van der Waals surface area contributed by atoms with E-state index in [1.807, 2.05) is 6.92 Å². The van der Waals surface area contributed by atoms with Crippen LogP contribution in [-0.2, 0) is 11.2 Å². The van der Waals surface area contributed by atoms with Crippen molar-refractivity contribution in [3.63, 3.8) is 0 Å². The second-order valence-electron chi connectivity index (χ2n) is 5.64. The molecule has 1 aliphatic heterocycles. The number of halogens is 1. The standard InChI is InChI=1S/C16H22N4OS2.HI/c1-11-9-20(7-8-21-11)16(17)18-6-5-13-3-4-15(23-13)14-10-22-12(2)19-14;/h3-4,10-11H,5-9H2,1-2H3,(H2,17,18);1H. The Labute approximate surface area is 168 Å². The van der Waals surface area contributed by atoms with E-state index in [4.69, 9.17) is 10.5 Å². The van der Waals surface area contributed by atoms with Crippen molar-refractivity contribution in [2.24, 2.45) is 10.7 Å². The maximum Gasteiger partial charge on any atom is 0.191 e. The van der Waals surface area contributed by atoms with Crippen molar-refractivity contribution in [3.05, 3.63) is 27.4 Å².